The van der Waals surface area contributed by atoms with Crippen molar-refractivity contribution >= 4 is 34.3 Å². The molecule has 0 atom stereocenters. The molecule has 1 N–H and O–H groups in total. The molecule has 0 radical (unpaired) electrons. The van der Waals surface area contributed by atoms with Gasteiger partial charge in [0.2, 0.25) is 0 Å². The van der Waals surface area contributed by atoms with Crippen LogP contribution in [-0.2, 0) is 12.7 Å². The van der Waals surface area contributed by atoms with E-state index in [1.165, 1.54) is 6.20 Å². The Hall–Kier alpha value is -1.94. The molecule has 0 aliphatic rings. The first-order valence-corrected chi connectivity index (χ1v) is 6.77. The fourth-order valence-electron chi connectivity index (χ4n) is 1.62. The van der Waals surface area contributed by atoms with E-state index in [9.17, 15) is 27.7 Å². The summed E-state index contributed by atoms with van der Waals surface area (Å²) in [7, 11) is 0. The molecule has 0 aliphatic heterocycles. The maximum Gasteiger partial charge on any atom is 0.419 e. The SMILES string of the molecule is O=[N+]([O-])c1cc(F)c(C(F)(F)F)cc1NCc1cnc(Cl)s1. The molecule has 5 nitrogen and oxygen atoms in total. The highest BCUT2D eigenvalue weighted by Gasteiger charge is 2.36. The Kier molecular flexibility index (Phi) is 4.52. The smallest absolute Gasteiger partial charge is 0.375 e. The first-order valence-electron chi connectivity index (χ1n) is 5.57. The summed E-state index contributed by atoms with van der Waals surface area (Å²) in [6.45, 7) is -0.0336. The number of nitrogens with one attached hydrogen (secondary N) is 1. The van der Waals surface area contributed by atoms with Gasteiger partial charge in [0.1, 0.15) is 11.5 Å². The van der Waals surface area contributed by atoms with Gasteiger partial charge in [-0.15, -0.1) is 11.3 Å². The van der Waals surface area contributed by atoms with Gasteiger partial charge in [-0.2, -0.15) is 13.2 Å². The third-order valence-electron chi connectivity index (χ3n) is 2.57. The number of aromatic nitrogens is 1. The van der Waals surface area contributed by atoms with E-state index < -0.39 is 33.9 Å². The predicted octanol–water partition coefficient (Wildman–Crippen LogP) is 4.47. The molecule has 22 heavy (non-hydrogen) atoms. The number of nitro groups is 1. The largest absolute Gasteiger partial charge is 0.419 e. The summed E-state index contributed by atoms with van der Waals surface area (Å²) in [5, 5.41) is 13.3. The van der Waals surface area contributed by atoms with Crippen LogP contribution in [-0.4, -0.2) is 9.91 Å². The molecule has 118 valence electrons. The second kappa shape index (κ2) is 6.05. The molecular weight excluding hydrogens is 350 g/mol. The van der Waals surface area contributed by atoms with Crippen LogP contribution in [0.5, 0.6) is 0 Å². The molecule has 2 aromatic rings. The molecule has 0 fully saturated rings. The average Bonchev–Trinajstić information content (AvgIpc) is 2.81. The second-order valence-electron chi connectivity index (χ2n) is 4.04. The first kappa shape index (κ1) is 16.4. The Morgan fingerprint density at radius 3 is 2.59 bits per heavy atom. The van der Waals surface area contributed by atoms with Gasteiger partial charge in [-0.1, -0.05) is 11.6 Å². The van der Waals surface area contributed by atoms with Crippen molar-refractivity contribution in [3.63, 3.8) is 0 Å². The van der Waals surface area contributed by atoms with Crippen molar-refractivity contribution < 1.29 is 22.5 Å². The second-order valence-corrected chi connectivity index (χ2v) is 5.73. The number of alkyl halides is 3. The number of halogens is 5. The van der Waals surface area contributed by atoms with Crippen molar-refractivity contribution in [2.45, 2.75) is 12.7 Å². The summed E-state index contributed by atoms with van der Waals surface area (Å²) >= 11 is 6.66. The molecule has 0 bridgehead atoms. The van der Waals surface area contributed by atoms with Crippen LogP contribution in [0.1, 0.15) is 10.4 Å². The first-order chi connectivity index (χ1) is 10.2. The number of hydrogen-bond acceptors (Lipinski definition) is 5. The van der Waals surface area contributed by atoms with Gasteiger partial charge in [-0.05, 0) is 6.07 Å². The lowest BCUT2D eigenvalue weighted by molar-refractivity contribution is -0.384. The van der Waals surface area contributed by atoms with Crippen molar-refractivity contribution in [2.24, 2.45) is 0 Å². The van der Waals surface area contributed by atoms with Crippen LogP contribution < -0.4 is 5.32 Å². The monoisotopic (exact) mass is 355 g/mol. The van der Waals surface area contributed by atoms with Gasteiger partial charge in [0.05, 0.1) is 23.1 Å². The molecule has 0 amide bonds. The van der Waals surface area contributed by atoms with E-state index in [0.717, 1.165) is 11.3 Å². The number of anilines is 1. The van der Waals surface area contributed by atoms with E-state index in [-0.39, 0.29) is 17.1 Å². The highest BCUT2D eigenvalue weighted by Crippen LogP contribution is 2.37. The minimum atomic E-state index is -4.95. The molecule has 0 saturated carbocycles. The molecular formula is C11H6ClF4N3O2S. The van der Waals surface area contributed by atoms with Gasteiger partial charge >= 0.3 is 6.18 Å². The number of rotatable bonds is 4. The van der Waals surface area contributed by atoms with Crippen LogP contribution in [0.2, 0.25) is 4.47 Å². The zero-order valence-electron chi connectivity index (χ0n) is 10.4. The van der Waals surface area contributed by atoms with Crippen LogP contribution in [0.25, 0.3) is 0 Å². The topological polar surface area (TPSA) is 68.1 Å². The normalized spacial score (nSPS) is 11.5. The van der Waals surface area contributed by atoms with Crippen LogP contribution >= 0.6 is 22.9 Å². The van der Waals surface area contributed by atoms with Crippen molar-refractivity contribution in [1.29, 1.82) is 0 Å². The van der Waals surface area contributed by atoms with Gasteiger partial charge in [0, 0.05) is 11.1 Å². The lowest BCUT2D eigenvalue weighted by atomic mass is 10.1. The summed E-state index contributed by atoms with van der Waals surface area (Å²) in [6.07, 6.45) is -3.58. The molecule has 0 aliphatic carbocycles. The van der Waals surface area contributed by atoms with E-state index in [2.05, 4.69) is 10.3 Å². The van der Waals surface area contributed by atoms with Gasteiger partial charge in [0.25, 0.3) is 5.69 Å². The molecule has 1 aromatic carbocycles. The maximum atomic E-state index is 13.4. The standard InChI is InChI=1S/C11H6ClF4N3O2S/c12-10-18-4-5(22-10)3-17-8-1-6(11(14,15)16)7(13)2-9(8)19(20)21/h1-2,4,17H,3H2. The molecule has 11 heteroatoms. The molecule has 1 aromatic heterocycles. The number of hydrogen-bond donors (Lipinski definition) is 1. The van der Waals surface area contributed by atoms with Crippen molar-refractivity contribution in [3.8, 4) is 0 Å². The summed E-state index contributed by atoms with van der Waals surface area (Å²) in [5.41, 5.74) is -2.81. The van der Waals surface area contributed by atoms with Crippen LogP contribution in [0.4, 0.5) is 28.9 Å². The Labute approximate surface area is 129 Å². The highest BCUT2D eigenvalue weighted by molar-refractivity contribution is 7.15. The molecule has 0 saturated heterocycles. The van der Waals surface area contributed by atoms with Crippen molar-refractivity contribution in [2.75, 3.05) is 5.32 Å². The quantitative estimate of drug-likeness (QED) is 0.499. The Morgan fingerprint density at radius 1 is 1.41 bits per heavy atom. The lowest BCUT2D eigenvalue weighted by Crippen LogP contribution is -2.11. The third kappa shape index (κ3) is 3.63. The van der Waals surface area contributed by atoms with Gasteiger partial charge < -0.3 is 5.32 Å². The van der Waals surface area contributed by atoms with E-state index in [1.807, 2.05) is 0 Å². The van der Waals surface area contributed by atoms with E-state index in [1.54, 1.807) is 0 Å². The van der Waals surface area contributed by atoms with Crippen molar-refractivity contribution in [3.05, 3.63) is 49.2 Å². The fraction of sp³-hybridized carbons (Fsp3) is 0.182. The van der Waals surface area contributed by atoms with Crippen LogP contribution in [0, 0.1) is 15.9 Å². The van der Waals surface area contributed by atoms with Crippen LogP contribution in [0.3, 0.4) is 0 Å². The van der Waals surface area contributed by atoms with Gasteiger partial charge in [0.15, 0.2) is 4.47 Å². The minimum Gasteiger partial charge on any atom is -0.375 e. The summed E-state index contributed by atoms with van der Waals surface area (Å²) in [5.74, 6) is -1.70. The minimum absolute atomic E-state index is 0.0336. The maximum absolute atomic E-state index is 13.4. The fourth-order valence-corrected chi connectivity index (χ4v) is 2.54. The van der Waals surface area contributed by atoms with E-state index >= 15 is 0 Å². The Bertz CT molecular complexity index is 720. The Morgan fingerprint density at radius 2 is 2.09 bits per heavy atom. The Balaban J connectivity index is 2.36. The molecule has 1 heterocycles. The molecule has 2 rings (SSSR count). The van der Waals surface area contributed by atoms with Gasteiger partial charge in [-0.25, -0.2) is 9.37 Å². The predicted molar refractivity (Wildman–Crippen MR) is 72.5 cm³/mol. The number of thiazole rings is 1. The number of nitrogens with zero attached hydrogens (tertiary/aromatic N) is 2. The zero-order valence-corrected chi connectivity index (χ0v) is 12.0. The molecule has 0 unspecified atom stereocenters. The van der Waals surface area contributed by atoms with Gasteiger partial charge in [-0.3, -0.25) is 10.1 Å². The average molecular weight is 356 g/mol. The zero-order chi connectivity index (χ0) is 16.5. The highest BCUT2D eigenvalue weighted by atomic mass is 35.5. The van der Waals surface area contributed by atoms with Crippen molar-refractivity contribution in [1.82, 2.24) is 4.98 Å². The number of benzene rings is 1. The summed E-state index contributed by atoms with van der Waals surface area (Å²) in [6, 6.07) is 0.612. The lowest BCUT2D eigenvalue weighted by Gasteiger charge is -2.11. The van der Waals surface area contributed by atoms with E-state index in [0.29, 0.717) is 10.9 Å². The summed E-state index contributed by atoms with van der Waals surface area (Å²) < 4.78 is 51.6. The molecule has 0 spiro atoms. The third-order valence-corrected chi connectivity index (χ3v) is 3.68. The van der Waals surface area contributed by atoms with Crippen LogP contribution in [0.15, 0.2) is 18.3 Å². The number of nitro benzene ring substituents is 1. The summed E-state index contributed by atoms with van der Waals surface area (Å²) in [4.78, 5) is 14.2. The van der Waals surface area contributed by atoms with E-state index in [4.69, 9.17) is 11.6 Å².